The maximum absolute atomic E-state index is 12.9. The topological polar surface area (TPSA) is 55.1 Å². The second-order valence-corrected chi connectivity index (χ2v) is 6.78. The van der Waals surface area contributed by atoms with Crippen molar-refractivity contribution < 1.29 is 13.6 Å². The number of thioether (sulfide) groups is 1. The van der Waals surface area contributed by atoms with Crippen LogP contribution in [-0.2, 0) is 13.0 Å². The minimum Gasteiger partial charge on any atom is -0.467 e. The highest BCUT2D eigenvalue weighted by molar-refractivity contribution is 7.99. The van der Waals surface area contributed by atoms with Crippen LogP contribution >= 0.6 is 11.8 Å². The number of nitrogens with zero attached hydrogens (tertiary/aromatic N) is 1. The average molecular weight is 370 g/mol. The summed E-state index contributed by atoms with van der Waals surface area (Å²) in [5.74, 6) is 1.14. The van der Waals surface area contributed by atoms with E-state index in [0.717, 1.165) is 24.2 Å². The molecule has 2 heterocycles. The minimum absolute atomic E-state index is 0.171. The predicted molar refractivity (Wildman–Crippen MR) is 99.6 cm³/mol. The number of benzene rings is 1. The zero-order valence-corrected chi connectivity index (χ0v) is 15.0. The monoisotopic (exact) mass is 370 g/mol. The van der Waals surface area contributed by atoms with E-state index in [1.165, 1.54) is 12.1 Å². The molecule has 1 N–H and O–H groups in total. The number of carbonyl (C=O) groups is 1. The van der Waals surface area contributed by atoms with Crippen molar-refractivity contribution in [3.63, 3.8) is 0 Å². The molecule has 6 heteroatoms. The van der Waals surface area contributed by atoms with Crippen molar-refractivity contribution in [1.29, 1.82) is 0 Å². The molecule has 0 aliphatic rings. The van der Waals surface area contributed by atoms with Gasteiger partial charge in [0.25, 0.3) is 5.91 Å². The Labute approximate surface area is 155 Å². The van der Waals surface area contributed by atoms with Crippen molar-refractivity contribution in [3.8, 4) is 0 Å². The second kappa shape index (κ2) is 9.20. The van der Waals surface area contributed by atoms with Crippen LogP contribution in [0.15, 0.2) is 70.4 Å². The SMILES string of the molecule is O=C(NCc1ccco1)c1cccnc1SCCCc1ccc(F)cc1. The first-order chi connectivity index (χ1) is 12.7. The molecule has 0 bridgehead atoms. The normalized spacial score (nSPS) is 10.7. The Kier molecular flexibility index (Phi) is 6.44. The molecule has 1 aromatic carbocycles. The summed E-state index contributed by atoms with van der Waals surface area (Å²) in [7, 11) is 0. The third-order valence-corrected chi connectivity index (χ3v) is 4.87. The number of halogens is 1. The van der Waals surface area contributed by atoms with Crippen molar-refractivity contribution in [3.05, 3.63) is 83.7 Å². The Hall–Kier alpha value is -2.60. The van der Waals surface area contributed by atoms with Gasteiger partial charge in [0.15, 0.2) is 0 Å². The lowest BCUT2D eigenvalue weighted by molar-refractivity contribution is 0.0944. The average Bonchev–Trinajstić information content (AvgIpc) is 3.19. The first-order valence-corrected chi connectivity index (χ1v) is 9.34. The van der Waals surface area contributed by atoms with Crippen LogP contribution in [0.5, 0.6) is 0 Å². The zero-order chi connectivity index (χ0) is 18.2. The summed E-state index contributed by atoms with van der Waals surface area (Å²) < 4.78 is 18.1. The van der Waals surface area contributed by atoms with Gasteiger partial charge in [-0.3, -0.25) is 4.79 Å². The molecule has 0 aliphatic carbocycles. The minimum atomic E-state index is -0.221. The van der Waals surface area contributed by atoms with E-state index >= 15 is 0 Å². The standard InChI is InChI=1S/C20H19FN2O2S/c21-16-9-7-15(8-10-16)4-3-13-26-20-18(6-1-11-22-20)19(24)23-14-17-5-2-12-25-17/h1-2,5-12H,3-4,13-14H2,(H,23,24). The van der Waals surface area contributed by atoms with E-state index in [9.17, 15) is 9.18 Å². The number of aromatic nitrogens is 1. The van der Waals surface area contributed by atoms with Gasteiger partial charge in [-0.25, -0.2) is 9.37 Å². The molecule has 2 aromatic heterocycles. The molecule has 0 unspecified atom stereocenters. The lowest BCUT2D eigenvalue weighted by Crippen LogP contribution is -2.23. The van der Waals surface area contributed by atoms with Gasteiger partial charge in [-0.1, -0.05) is 12.1 Å². The Morgan fingerprint density at radius 3 is 2.77 bits per heavy atom. The van der Waals surface area contributed by atoms with Crippen LogP contribution < -0.4 is 5.32 Å². The summed E-state index contributed by atoms with van der Waals surface area (Å²) in [5.41, 5.74) is 1.66. The molecule has 0 saturated carbocycles. The quantitative estimate of drug-likeness (QED) is 0.470. The Morgan fingerprint density at radius 2 is 2.00 bits per heavy atom. The summed E-state index contributed by atoms with van der Waals surface area (Å²) in [4.78, 5) is 16.7. The summed E-state index contributed by atoms with van der Waals surface area (Å²) >= 11 is 1.55. The highest BCUT2D eigenvalue weighted by Crippen LogP contribution is 2.21. The number of furan rings is 1. The van der Waals surface area contributed by atoms with E-state index in [1.54, 1.807) is 54.6 Å². The van der Waals surface area contributed by atoms with Crippen LogP contribution in [0.4, 0.5) is 4.39 Å². The second-order valence-electron chi connectivity index (χ2n) is 5.70. The fourth-order valence-corrected chi connectivity index (χ4v) is 3.38. The Morgan fingerprint density at radius 1 is 1.15 bits per heavy atom. The molecule has 0 aliphatic heterocycles. The van der Waals surface area contributed by atoms with Gasteiger partial charge in [-0.2, -0.15) is 0 Å². The number of amides is 1. The molecular weight excluding hydrogens is 351 g/mol. The van der Waals surface area contributed by atoms with E-state index in [0.29, 0.717) is 22.9 Å². The largest absolute Gasteiger partial charge is 0.467 e. The molecular formula is C20H19FN2O2S. The number of aryl methyl sites for hydroxylation is 1. The van der Waals surface area contributed by atoms with Crippen LogP contribution in [0.1, 0.15) is 28.1 Å². The van der Waals surface area contributed by atoms with Crippen molar-refractivity contribution in [2.75, 3.05) is 5.75 Å². The lowest BCUT2D eigenvalue weighted by Gasteiger charge is -2.08. The van der Waals surface area contributed by atoms with Gasteiger partial charge in [0.2, 0.25) is 0 Å². The molecule has 1 amide bonds. The van der Waals surface area contributed by atoms with Crippen molar-refractivity contribution in [2.45, 2.75) is 24.4 Å². The predicted octanol–water partition coefficient (Wildman–Crippen LogP) is 4.47. The Bertz CT molecular complexity index is 835. The van der Waals surface area contributed by atoms with Gasteiger partial charge in [0, 0.05) is 6.20 Å². The molecule has 0 fully saturated rings. The smallest absolute Gasteiger partial charge is 0.254 e. The molecule has 0 atom stereocenters. The molecule has 4 nitrogen and oxygen atoms in total. The molecule has 134 valence electrons. The number of nitrogens with one attached hydrogen (secondary N) is 1. The maximum atomic E-state index is 12.9. The van der Waals surface area contributed by atoms with E-state index in [2.05, 4.69) is 10.3 Å². The first kappa shape index (κ1) is 18.2. The van der Waals surface area contributed by atoms with Crippen LogP contribution in [0.25, 0.3) is 0 Å². The summed E-state index contributed by atoms with van der Waals surface area (Å²) in [6.45, 7) is 0.343. The van der Waals surface area contributed by atoms with E-state index in [4.69, 9.17) is 4.42 Å². The van der Waals surface area contributed by atoms with E-state index in [-0.39, 0.29) is 11.7 Å². The van der Waals surface area contributed by atoms with Crippen molar-refractivity contribution in [2.24, 2.45) is 0 Å². The van der Waals surface area contributed by atoms with Crippen molar-refractivity contribution >= 4 is 17.7 Å². The first-order valence-electron chi connectivity index (χ1n) is 8.35. The maximum Gasteiger partial charge on any atom is 0.254 e. The van der Waals surface area contributed by atoms with Crippen LogP contribution in [0.2, 0.25) is 0 Å². The van der Waals surface area contributed by atoms with Crippen LogP contribution in [-0.4, -0.2) is 16.6 Å². The summed E-state index contributed by atoms with van der Waals surface area (Å²) in [6.07, 6.45) is 5.04. The van der Waals surface area contributed by atoms with E-state index in [1.807, 2.05) is 6.07 Å². The molecule has 26 heavy (non-hydrogen) atoms. The van der Waals surface area contributed by atoms with Gasteiger partial charge in [0.05, 0.1) is 18.4 Å². The third kappa shape index (κ3) is 5.20. The highest BCUT2D eigenvalue weighted by Gasteiger charge is 2.12. The number of pyridine rings is 1. The fraction of sp³-hybridized carbons (Fsp3) is 0.200. The van der Waals surface area contributed by atoms with Crippen LogP contribution in [0, 0.1) is 5.82 Å². The highest BCUT2D eigenvalue weighted by atomic mass is 32.2. The number of carbonyl (C=O) groups excluding carboxylic acids is 1. The van der Waals surface area contributed by atoms with E-state index < -0.39 is 0 Å². The molecule has 3 aromatic rings. The van der Waals surface area contributed by atoms with Gasteiger partial charge in [-0.05, 0) is 60.6 Å². The van der Waals surface area contributed by atoms with Gasteiger partial charge >= 0.3 is 0 Å². The number of hydrogen-bond acceptors (Lipinski definition) is 4. The molecule has 3 rings (SSSR count). The number of rotatable bonds is 8. The van der Waals surface area contributed by atoms with Gasteiger partial charge < -0.3 is 9.73 Å². The third-order valence-electron chi connectivity index (χ3n) is 3.78. The molecule has 0 radical (unpaired) electrons. The lowest BCUT2D eigenvalue weighted by atomic mass is 10.1. The summed E-state index contributed by atoms with van der Waals surface area (Å²) in [5, 5.41) is 3.55. The number of hydrogen-bond donors (Lipinski definition) is 1. The van der Waals surface area contributed by atoms with Crippen molar-refractivity contribution in [1.82, 2.24) is 10.3 Å². The summed E-state index contributed by atoms with van der Waals surface area (Å²) in [6, 6.07) is 13.7. The fourth-order valence-electron chi connectivity index (χ4n) is 2.45. The van der Waals surface area contributed by atoms with Gasteiger partial charge in [0.1, 0.15) is 16.6 Å². The van der Waals surface area contributed by atoms with Crippen LogP contribution in [0.3, 0.4) is 0 Å². The molecule has 0 saturated heterocycles. The Balaban J connectivity index is 1.51. The van der Waals surface area contributed by atoms with Gasteiger partial charge in [-0.15, -0.1) is 11.8 Å². The molecule has 0 spiro atoms. The zero-order valence-electron chi connectivity index (χ0n) is 14.2.